The van der Waals surface area contributed by atoms with Crippen molar-refractivity contribution in [2.75, 3.05) is 20.1 Å². The van der Waals surface area contributed by atoms with E-state index in [2.05, 4.69) is 24.1 Å². The van der Waals surface area contributed by atoms with E-state index in [-0.39, 0.29) is 0 Å². The monoisotopic (exact) mass is 186 g/mol. The lowest BCUT2D eigenvalue weighted by atomic mass is 9.92. The average Bonchev–Trinajstić information content (AvgIpc) is 2.01. The molecule has 0 aromatic rings. The maximum Gasteiger partial charge on any atom is 0.168 e. The van der Waals surface area contributed by atoms with Crippen LogP contribution in [0.2, 0.25) is 0 Å². The van der Waals surface area contributed by atoms with Gasteiger partial charge in [-0.2, -0.15) is 0 Å². The molecule has 0 aromatic carbocycles. The lowest BCUT2D eigenvalue weighted by Crippen LogP contribution is -2.46. The summed E-state index contributed by atoms with van der Waals surface area (Å²) in [4.78, 5) is 2.27. The Morgan fingerprint density at radius 2 is 1.83 bits per heavy atom. The minimum absolute atomic E-state index is 0.778. The summed E-state index contributed by atoms with van der Waals surface area (Å²) in [5, 5.41) is 3.93. The van der Waals surface area contributed by atoms with Crippen LogP contribution in [0.15, 0.2) is 0 Å². The van der Waals surface area contributed by atoms with E-state index in [0.717, 1.165) is 30.0 Å². The zero-order valence-electron chi connectivity index (χ0n) is 8.13. The fourth-order valence-electron chi connectivity index (χ4n) is 1.99. The Labute approximate surface area is 80.3 Å². The predicted molar refractivity (Wildman–Crippen MR) is 56.2 cm³/mol. The lowest BCUT2D eigenvalue weighted by Gasteiger charge is -2.36. The van der Waals surface area contributed by atoms with Crippen LogP contribution in [0.3, 0.4) is 0 Å². The predicted octanol–water partition coefficient (Wildman–Crippen LogP) is 1.47. The molecule has 0 aromatic heterocycles. The van der Waals surface area contributed by atoms with Gasteiger partial charge in [0, 0.05) is 20.1 Å². The first kappa shape index (κ1) is 9.78. The molecule has 1 saturated heterocycles. The fourth-order valence-corrected chi connectivity index (χ4v) is 2.14. The molecule has 1 aliphatic heterocycles. The fraction of sp³-hybridized carbons (Fsp3) is 0.889. The Bertz CT molecular complexity index is 160. The third-order valence-electron chi connectivity index (χ3n) is 2.37. The number of thiocarbonyl (C=S) groups is 1. The van der Waals surface area contributed by atoms with Gasteiger partial charge < -0.3 is 10.2 Å². The molecule has 1 fully saturated rings. The van der Waals surface area contributed by atoms with E-state index >= 15 is 0 Å². The van der Waals surface area contributed by atoms with Gasteiger partial charge >= 0.3 is 0 Å². The number of rotatable bonds is 0. The van der Waals surface area contributed by atoms with Crippen molar-refractivity contribution in [3.63, 3.8) is 0 Å². The summed E-state index contributed by atoms with van der Waals surface area (Å²) < 4.78 is 0. The summed E-state index contributed by atoms with van der Waals surface area (Å²) >= 11 is 5.20. The standard InChI is InChI=1S/C9H18N2S/c1-7-4-8(2)6-11(5-7)9(12)10-3/h7-8H,4-6H2,1-3H3,(H,10,12)/t7-,8-/m0/s1. The summed E-state index contributed by atoms with van der Waals surface area (Å²) in [6, 6.07) is 0. The zero-order chi connectivity index (χ0) is 9.14. The van der Waals surface area contributed by atoms with Crippen LogP contribution in [0.5, 0.6) is 0 Å². The molecule has 0 amide bonds. The van der Waals surface area contributed by atoms with E-state index in [9.17, 15) is 0 Å². The van der Waals surface area contributed by atoms with E-state index < -0.39 is 0 Å². The Morgan fingerprint density at radius 1 is 1.33 bits per heavy atom. The third-order valence-corrected chi connectivity index (χ3v) is 2.83. The Hall–Kier alpha value is -0.310. The van der Waals surface area contributed by atoms with Gasteiger partial charge in [0.25, 0.3) is 0 Å². The van der Waals surface area contributed by atoms with Crippen LogP contribution in [0, 0.1) is 11.8 Å². The van der Waals surface area contributed by atoms with E-state index in [1.807, 2.05) is 7.05 Å². The second kappa shape index (κ2) is 4.08. The lowest BCUT2D eigenvalue weighted by molar-refractivity contribution is 0.213. The maximum absolute atomic E-state index is 5.20. The number of piperidine rings is 1. The highest BCUT2D eigenvalue weighted by molar-refractivity contribution is 7.80. The van der Waals surface area contributed by atoms with Crippen LogP contribution >= 0.6 is 12.2 Å². The van der Waals surface area contributed by atoms with Gasteiger partial charge in [-0.05, 0) is 30.5 Å². The SMILES string of the molecule is CNC(=S)N1C[C@@H](C)C[C@H](C)C1. The highest BCUT2D eigenvalue weighted by Gasteiger charge is 2.22. The Morgan fingerprint density at radius 3 is 2.25 bits per heavy atom. The van der Waals surface area contributed by atoms with Crippen LogP contribution in [-0.4, -0.2) is 30.1 Å². The molecule has 1 aliphatic rings. The Kier molecular flexibility index (Phi) is 3.32. The van der Waals surface area contributed by atoms with Gasteiger partial charge in [0.2, 0.25) is 0 Å². The molecule has 0 radical (unpaired) electrons. The molecule has 0 saturated carbocycles. The molecule has 0 bridgehead atoms. The molecule has 12 heavy (non-hydrogen) atoms. The van der Waals surface area contributed by atoms with E-state index in [4.69, 9.17) is 12.2 Å². The second-order valence-electron chi connectivity index (χ2n) is 3.91. The molecule has 2 atom stereocenters. The van der Waals surface area contributed by atoms with Crippen LogP contribution in [0.4, 0.5) is 0 Å². The van der Waals surface area contributed by atoms with Crippen molar-refractivity contribution >= 4 is 17.3 Å². The van der Waals surface area contributed by atoms with E-state index in [1.54, 1.807) is 0 Å². The summed E-state index contributed by atoms with van der Waals surface area (Å²) in [5.41, 5.74) is 0. The van der Waals surface area contributed by atoms with Gasteiger partial charge in [-0.3, -0.25) is 0 Å². The number of nitrogens with one attached hydrogen (secondary N) is 1. The van der Waals surface area contributed by atoms with Crippen molar-refractivity contribution < 1.29 is 0 Å². The summed E-state index contributed by atoms with van der Waals surface area (Å²) in [5.74, 6) is 1.56. The van der Waals surface area contributed by atoms with Crippen molar-refractivity contribution in [2.45, 2.75) is 20.3 Å². The third kappa shape index (κ3) is 2.34. The van der Waals surface area contributed by atoms with Gasteiger partial charge in [-0.1, -0.05) is 13.8 Å². The van der Waals surface area contributed by atoms with E-state index in [0.29, 0.717) is 0 Å². The Balaban J connectivity index is 2.49. The largest absolute Gasteiger partial charge is 0.366 e. The summed E-state index contributed by atoms with van der Waals surface area (Å²) in [6.45, 7) is 6.82. The molecule has 0 unspecified atom stereocenters. The molecule has 70 valence electrons. The molecular formula is C9H18N2S. The van der Waals surface area contributed by atoms with Gasteiger partial charge in [-0.25, -0.2) is 0 Å². The molecule has 2 nitrogen and oxygen atoms in total. The normalized spacial score (nSPS) is 30.1. The molecule has 1 heterocycles. The van der Waals surface area contributed by atoms with Crippen molar-refractivity contribution in [1.82, 2.24) is 10.2 Å². The molecule has 0 spiro atoms. The first-order valence-corrected chi connectivity index (χ1v) is 5.01. The van der Waals surface area contributed by atoms with Gasteiger partial charge in [-0.15, -0.1) is 0 Å². The topological polar surface area (TPSA) is 15.3 Å². The summed E-state index contributed by atoms with van der Waals surface area (Å²) in [6.07, 6.45) is 1.34. The first-order valence-electron chi connectivity index (χ1n) is 4.60. The van der Waals surface area contributed by atoms with Crippen LogP contribution < -0.4 is 5.32 Å². The number of hydrogen-bond donors (Lipinski definition) is 1. The van der Waals surface area contributed by atoms with Crippen LogP contribution in [-0.2, 0) is 0 Å². The highest BCUT2D eigenvalue weighted by atomic mass is 32.1. The minimum Gasteiger partial charge on any atom is -0.366 e. The van der Waals surface area contributed by atoms with Crippen LogP contribution in [0.1, 0.15) is 20.3 Å². The van der Waals surface area contributed by atoms with Crippen LogP contribution in [0.25, 0.3) is 0 Å². The minimum atomic E-state index is 0.778. The van der Waals surface area contributed by atoms with Crippen molar-refractivity contribution in [3.05, 3.63) is 0 Å². The zero-order valence-corrected chi connectivity index (χ0v) is 8.95. The van der Waals surface area contributed by atoms with E-state index in [1.165, 1.54) is 6.42 Å². The molecule has 3 heteroatoms. The number of hydrogen-bond acceptors (Lipinski definition) is 1. The summed E-state index contributed by atoms with van der Waals surface area (Å²) in [7, 11) is 1.90. The molecular weight excluding hydrogens is 168 g/mol. The van der Waals surface area contributed by atoms with Crippen molar-refractivity contribution in [3.8, 4) is 0 Å². The van der Waals surface area contributed by atoms with Crippen molar-refractivity contribution in [1.29, 1.82) is 0 Å². The average molecular weight is 186 g/mol. The van der Waals surface area contributed by atoms with Gasteiger partial charge in [0.15, 0.2) is 5.11 Å². The van der Waals surface area contributed by atoms with Gasteiger partial charge in [0.05, 0.1) is 0 Å². The quantitative estimate of drug-likeness (QED) is 0.577. The molecule has 1 N–H and O–H groups in total. The first-order chi connectivity index (χ1) is 5.63. The molecule has 0 aliphatic carbocycles. The smallest absolute Gasteiger partial charge is 0.168 e. The van der Waals surface area contributed by atoms with Gasteiger partial charge in [0.1, 0.15) is 0 Å². The number of likely N-dealkylation sites (tertiary alicyclic amines) is 1. The van der Waals surface area contributed by atoms with Crippen molar-refractivity contribution in [2.24, 2.45) is 11.8 Å². The maximum atomic E-state index is 5.20. The highest BCUT2D eigenvalue weighted by Crippen LogP contribution is 2.20. The second-order valence-corrected chi connectivity index (χ2v) is 4.29. The number of nitrogens with zero attached hydrogens (tertiary/aromatic N) is 1. The molecule has 1 rings (SSSR count).